The molecule has 46 heavy (non-hydrogen) atoms. The minimum absolute atomic E-state index is 0.152. The van der Waals surface area contributed by atoms with Crippen LogP contribution in [0.5, 0.6) is 11.6 Å². The van der Waals surface area contributed by atoms with Gasteiger partial charge in [0.05, 0.1) is 22.3 Å². The quantitative estimate of drug-likeness (QED) is 0.230. The molecule has 0 bridgehead atoms. The zero-order chi connectivity index (χ0) is 31.8. The van der Waals surface area contributed by atoms with E-state index in [-0.39, 0.29) is 11.9 Å². The van der Waals surface area contributed by atoms with Gasteiger partial charge in [-0.25, -0.2) is 24.5 Å². The zero-order valence-corrected chi connectivity index (χ0v) is 26.4. The smallest absolute Gasteiger partial charge is 0.248 e. The van der Waals surface area contributed by atoms with Crippen molar-refractivity contribution < 1.29 is 9.53 Å². The molecule has 0 saturated carbocycles. The maximum atomic E-state index is 13.2. The predicted molar refractivity (Wildman–Crippen MR) is 178 cm³/mol. The van der Waals surface area contributed by atoms with Crippen molar-refractivity contribution in [3.05, 3.63) is 73.1 Å². The molecule has 7 rings (SSSR count). The number of nitrogens with one attached hydrogen (secondary N) is 2. The van der Waals surface area contributed by atoms with Crippen LogP contribution in [0.2, 0.25) is 0 Å². The number of nitrogens with zero attached hydrogens (tertiary/aromatic N) is 9. The lowest BCUT2D eigenvalue weighted by molar-refractivity contribution is -0.111. The van der Waals surface area contributed by atoms with Gasteiger partial charge >= 0.3 is 0 Å². The highest BCUT2D eigenvalue weighted by Crippen LogP contribution is 2.41. The normalized spacial score (nSPS) is 17.3. The lowest BCUT2D eigenvalue weighted by atomic mass is 10.0. The fraction of sp³-hybridized carbons (Fsp3) is 0.333. The van der Waals surface area contributed by atoms with E-state index >= 15 is 0 Å². The Morgan fingerprint density at radius 2 is 1.93 bits per heavy atom. The zero-order valence-electron chi connectivity index (χ0n) is 26.4. The Balaban J connectivity index is 1.18. The van der Waals surface area contributed by atoms with Crippen molar-refractivity contribution in [3.8, 4) is 11.6 Å². The fourth-order valence-electron chi connectivity index (χ4n) is 6.03. The molecule has 1 atom stereocenters. The van der Waals surface area contributed by atoms with Crippen LogP contribution in [0.15, 0.2) is 67.5 Å². The van der Waals surface area contributed by atoms with Gasteiger partial charge in [-0.3, -0.25) is 9.69 Å². The largest absolute Gasteiger partial charge is 0.439 e. The number of aromatic nitrogens is 6. The molecule has 2 aliphatic rings. The second-order valence-electron chi connectivity index (χ2n) is 12.1. The SMILES string of the molecule is Cc1cc(Nc2ncnc3ccc(NC(=O)/C=C/C4CCCN4C)c(N4CC(N(C)C)C4)c23)ccc1Oc1cc2ncnn2cn1. The van der Waals surface area contributed by atoms with Crippen LogP contribution in [0.1, 0.15) is 18.4 Å². The van der Waals surface area contributed by atoms with Gasteiger partial charge in [0.2, 0.25) is 11.8 Å². The first-order valence-corrected chi connectivity index (χ1v) is 15.4. The number of amides is 1. The van der Waals surface area contributed by atoms with E-state index in [0.717, 1.165) is 66.0 Å². The van der Waals surface area contributed by atoms with Crippen molar-refractivity contribution in [2.75, 3.05) is 56.3 Å². The molecule has 2 aliphatic heterocycles. The van der Waals surface area contributed by atoms with Crippen LogP contribution in [-0.4, -0.2) is 98.1 Å². The molecule has 1 amide bonds. The minimum Gasteiger partial charge on any atom is -0.439 e. The van der Waals surface area contributed by atoms with Gasteiger partial charge < -0.3 is 25.2 Å². The topological polar surface area (TPSA) is 129 Å². The summed E-state index contributed by atoms with van der Waals surface area (Å²) in [6.45, 7) is 4.68. The van der Waals surface area contributed by atoms with E-state index in [4.69, 9.17) is 4.74 Å². The van der Waals surface area contributed by atoms with Crippen LogP contribution in [-0.2, 0) is 4.79 Å². The Morgan fingerprint density at radius 1 is 1.07 bits per heavy atom. The molecule has 2 fully saturated rings. The Morgan fingerprint density at radius 3 is 2.72 bits per heavy atom. The molecule has 13 heteroatoms. The standard InChI is InChI=1S/C33H37N11O2/c1-21-14-22(7-11-27(21)46-30-15-28-35-19-38-44(28)20-37-30)39-33-31-25(34-18-36-33)9-10-26(32(31)43-16-24(17-43)41(2)3)40-29(45)12-8-23-6-5-13-42(23)4/h7-12,14-15,18-20,23-24H,5-6,13,16-17H2,1-4H3,(H,40,45)(H,34,36,39)/b12-8+. The van der Waals surface area contributed by atoms with Crippen LogP contribution in [0.4, 0.5) is 22.9 Å². The Bertz CT molecular complexity index is 1930. The second kappa shape index (κ2) is 12.3. The molecule has 5 heterocycles. The highest BCUT2D eigenvalue weighted by Gasteiger charge is 2.32. The van der Waals surface area contributed by atoms with Gasteiger partial charge in [0.1, 0.15) is 30.5 Å². The maximum Gasteiger partial charge on any atom is 0.248 e. The Kier molecular flexibility index (Phi) is 7.93. The van der Waals surface area contributed by atoms with Crippen LogP contribution in [0, 0.1) is 6.92 Å². The number of ether oxygens (including phenoxy) is 1. The number of likely N-dealkylation sites (N-methyl/N-ethyl adjacent to an activating group) is 2. The van der Waals surface area contributed by atoms with E-state index in [1.807, 2.05) is 43.3 Å². The molecular weight excluding hydrogens is 582 g/mol. The molecule has 2 N–H and O–H groups in total. The van der Waals surface area contributed by atoms with Crippen LogP contribution in [0.25, 0.3) is 16.6 Å². The van der Waals surface area contributed by atoms with Crippen molar-refractivity contribution in [3.63, 3.8) is 0 Å². The van der Waals surface area contributed by atoms with Gasteiger partial charge in [0, 0.05) is 43.0 Å². The number of aryl methyl sites for hydroxylation is 1. The summed E-state index contributed by atoms with van der Waals surface area (Å²) >= 11 is 0. The van der Waals surface area contributed by atoms with Crippen molar-refractivity contribution in [2.24, 2.45) is 0 Å². The summed E-state index contributed by atoms with van der Waals surface area (Å²) in [5, 5.41) is 11.6. The first-order valence-electron chi connectivity index (χ1n) is 15.4. The van der Waals surface area contributed by atoms with Crippen LogP contribution < -0.4 is 20.3 Å². The number of anilines is 4. The highest BCUT2D eigenvalue weighted by atomic mass is 16.5. The maximum absolute atomic E-state index is 13.2. The van der Waals surface area contributed by atoms with Gasteiger partial charge in [-0.2, -0.15) is 5.10 Å². The summed E-state index contributed by atoms with van der Waals surface area (Å²) < 4.78 is 7.65. The van der Waals surface area contributed by atoms with Crippen LogP contribution >= 0.6 is 0 Å². The fourth-order valence-corrected chi connectivity index (χ4v) is 6.03. The molecule has 2 aromatic carbocycles. The number of fused-ring (bicyclic) bond motifs is 2. The third-order valence-corrected chi connectivity index (χ3v) is 8.79. The molecule has 236 valence electrons. The van der Waals surface area contributed by atoms with Gasteiger partial charge in [0.25, 0.3) is 0 Å². The Hall–Kier alpha value is -5.14. The third-order valence-electron chi connectivity index (χ3n) is 8.79. The summed E-state index contributed by atoms with van der Waals surface area (Å²) in [4.78, 5) is 37.7. The van der Waals surface area contributed by atoms with Gasteiger partial charge in [-0.15, -0.1) is 0 Å². The average molecular weight is 620 g/mol. The monoisotopic (exact) mass is 619 g/mol. The molecular formula is C33H37N11O2. The summed E-state index contributed by atoms with van der Waals surface area (Å²) in [7, 11) is 6.28. The highest BCUT2D eigenvalue weighted by molar-refractivity contribution is 6.10. The molecule has 2 saturated heterocycles. The number of hydrogen-bond donors (Lipinski definition) is 2. The number of benzene rings is 2. The third kappa shape index (κ3) is 5.94. The number of carbonyl (C=O) groups excluding carboxylic acids is 1. The summed E-state index contributed by atoms with van der Waals surface area (Å²) in [5.74, 6) is 1.61. The van der Waals surface area contributed by atoms with E-state index in [2.05, 4.69) is 71.5 Å². The first kappa shape index (κ1) is 29.6. The molecule has 1 unspecified atom stereocenters. The van der Waals surface area contributed by atoms with Crippen LogP contribution in [0.3, 0.4) is 0 Å². The minimum atomic E-state index is -0.152. The van der Waals surface area contributed by atoms with Crippen molar-refractivity contribution in [1.29, 1.82) is 0 Å². The molecule has 5 aromatic rings. The number of likely N-dealkylation sites (tertiary alicyclic amines) is 1. The predicted octanol–water partition coefficient (Wildman–Crippen LogP) is 4.25. The van der Waals surface area contributed by atoms with E-state index in [1.165, 1.54) is 6.33 Å². The summed E-state index contributed by atoms with van der Waals surface area (Å²) in [6, 6.07) is 12.1. The Labute approximate surface area is 266 Å². The molecule has 13 nitrogen and oxygen atoms in total. The second-order valence-corrected chi connectivity index (χ2v) is 12.1. The molecule has 0 aliphatic carbocycles. The lowest BCUT2D eigenvalue weighted by Gasteiger charge is -2.45. The summed E-state index contributed by atoms with van der Waals surface area (Å²) in [5.41, 5.74) is 4.83. The summed E-state index contributed by atoms with van der Waals surface area (Å²) in [6.07, 6.45) is 10.5. The van der Waals surface area contributed by atoms with E-state index in [9.17, 15) is 4.79 Å². The lowest BCUT2D eigenvalue weighted by Crippen LogP contribution is -2.57. The van der Waals surface area contributed by atoms with E-state index < -0.39 is 0 Å². The molecule has 0 radical (unpaired) electrons. The van der Waals surface area contributed by atoms with Gasteiger partial charge in [-0.1, -0.05) is 6.08 Å². The van der Waals surface area contributed by atoms with Crippen molar-refractivity contribution in [1.82, 2.24) is 39.3 Å². The van der Waals surface area contributed by atoms with Crippen molar-refractivity contribution in [2.45, 2.75) is 31.8 Å². The van der Waals surface area contributed by atoms with Gasteiger partial charge in [-0.05, 0) is 83.3 Å². The average Bonchev–Trinajstić information content (AvgIpc) is 3.65. The number of carbonyl (C=O) groups is 1. The van der Waals surface area contributed by atoms with E-state index in [1.54, 1.807) is 29.3 Å². The number of rotatable bonds is 9. The molecule has 3 aromatic heterocycles. The van der Waals surface area contributed by atoms with Gasteiger partial charge in [0.15, 0.2) is 5.65 Å². The molecule has 0 spiro atoms. The van der Waals surface area contributed by atoms with E-state index in [0.29, 0.717) is 29.1 Å². The number of hydrogen-bond acceptors (Lipinski definition) is 11. The van der Waals surface area contributed by atoms with Crippen molar-refractivity contribution >= 4 is 45.3 Å². The first-order chi connectivity index (χ1) is 22.3.